The number of nitrogens with one attached hydrogen (secondary N) is 1. The van der Waals surface area contributed by atoms with Gasteiger partial charge in [0.2, 0.25) is 0 Å². The maximum Gasteiger partial charge on any atom is 0.264 e. The Bertz CT molecular complexity index is 623. The van der Waals surface area contributed by atoms with E-state index in [2.05, 4.69) is 21.2 Å². The van der Waals surface area contributed by atoms with Crippen molar-refractivity contribution in [2.24, 2.45) is 0 Å². The third kappa shape index (κ3) is 4.41. The van der Waals surface area contributed by atoms with E-state index in [1.807, 2.05) is 0 Å². The highest BCUT2D eigenvalue weighted by Crippen LogP contribution is 2.26. The first-order valence-electron chi connectivity index (χ1n) is 5.41. The van der Waals surface area contributed by atoms with Gasteiger partial charge < -0.3 is 10.1 Å². The lowest BCUT2D eigenvalue weighted by molar-refractivity contribution is 0.0869. The Morgan fingerprint density at radius 2 is 2.15 bits per heavy atom. The minimum atomic E-state index is -4.27. The molecular weight excluding hydrogens is 377 g/mol. The van der Waals surface area contributed by atoms with Crippen molar-refractivity contribution < 1.29 is 22.3 Å². The number of hydrogen-bond donors (Lipinski definition) is 1. The van der Waals surface area contributed by atoms with Crippen molar-refractivity contribution in [3.8, 4) is 0 Å². The normalized spacial score (nSPS) is 13.1. The highest BCUT2D eigenvalue weighted by Gasteiger charge is 2.21. The molecule has 0 aliphatic carbocycles. The molecule has 1 aromatic rings. The van der Waals surface area contributed by atoms with Crippen molar-refractivity contribution in [3.63, 3.8) is 0 Å². The summed E-state index contributed by atoms with van der Waals surface area (Å²) in [5.74, 6) is -1.60. The van der Waals surface area contributed by atoms with E-state index < -0.39 is 25.7 Å². The van der Waals surface area contributed by atoms with Crippen LogP contribution in [0, 0.1) is 5.82 Å². The highest BCUT2D eigenvalue weighted by molar-refractivity contribution is 9.10. The summed E-state index contributed by atoms with van der Waals surface area (Å²) in [4.78, 5) is 11.2. The highest BCUT2D eigenvalue weighted by atomic mass is 79.9. The molecule has 1 atom stereocenters. The summed E-state index contributed by atoms with van der Waals surface area (Å²) < 4.78 is 41.0. The molecule has 0 aromatic heterocycles. The number of carbonyl (C=O) groups excluding carboxylic acids is 1. The number of hydrogen-bond acceptors (Lipinski definition) is 4. The zero-order valence-corrected chi connectivity index (χ0v) is 13.8. The standard InChI is InChI=1S/C11H12BrClFNO4S/c1-6(19-2)5-15-11(16)7-3-10(20(13,17)18)9(14)4-8(7)12/h3-4,6H,5H2,1-2H3,(H,15,16). The topological polar surface area (TPSA) is 72.5 Å². The number of benzene rings is 1. The van der Waals surface area contributed by atoms with E-state index in [4.69, 9.17) is 15.4 Å². The van der Waals surface area contributed by atoms with Gasteiger partial charge in [-0.1, -0.05) is 0 Å². The maximum absolute atomic E-state index is 13.5. The lowest BCUT2D eigenvalue weighted by atomic mass is 10.2. The Morgan fingerprint density at radius 1 is 1.55 bits per heavy atom. The van der Waals surface area contributed by atoms with Crippen molar-refractivity contribution in [1.82, 2.24) is 5.32 Å². The van der Waals surface area contributed by atoms with E-state index in [9.17, 15) is 17.6 Å². The Balaban J connectivity index is 3.10. The van der Waals surface area contributed by atoms with Gasteiger partial charge in [0.05, 0.1) is 11.7 Å². The van der Waals surface area contributed by atoms with E-state index in [0.29, 0.717) is 0 Å². The third-order valence-electron chi connectivity index (χ3n) is 2.48. The van der Waals surface area contributed by atoms with Gasteiger partial charge in [-0.25, -0.2) is 12.8 Å². The molecule has 0 heterocycles. The minimum Gasteiger partial charge on any atom is -0.380 e. The van der Waals surface area contributed by atoms with Gasteiger partial charge >= 0.3 is 0 Å². The van der Waals surface area contributed by atoms with Crippen LogP contribution < -0.4 is 5.32 Å². The lowest BCUT2D eigenvalue weighted by Crippen LogP contribution is -2.31. The first-order chi connectivity index (χ1) is 9.16. The van der Waals surface area contributed by atoms with Gasteiger partial charge in [-0.15, -0.1) is 0 Å². The summed E-state index contributed by atoms with van der Waals surface area (Å²) in [5.41, 5.74) is -0.0334. The third-order valence-corrected chi connectivity index (χ3v) is 4.47. The molecule has 0 fully saturated rings. The summed E-state index contributed by atoms with van der Waals surface area (Å²) in [6.07, 6.45) is -0.214. The molecule has 0 spiro atoms. The molecule has 20 heavy (non-hydrogen) atoms. The molecule has 1 N–H and O–H groups in total. The molecule has 0 radical (unpaired) electrons. The molecule has 5 nitrogen and oxygen atoms in total. The van der Waals surface area contributed by atoms with Gasteiger partial charge in [0, 0.05) is 28.8 Å². The van der Waals surface area contributed by atoms with Gasteiger partial charge in [-0.2, -0.15) is 0 Å². The molecule has 9 heteroatoms. The van der Waals surface area contributed by atoms with Crippen LogP contribution in [0.5, 0.6) is 0 Å². The summed E-state index contributed by atoms with van der Waals surface area (Å²) in [5, 5.41) is 2.53. The Hall–Kier alpha value is -0.700. The number of methoxy groups -OCH3 is 1. The SMILES string of the molecule is COC(C)CNC(=O)c1cc(S(=O)(=O)Cl)c(F)cc1Br. The van der Waals surface area contributed by atoms with E-state index in [0.717, 1.165) is 12.1 Å². The molecule has 112 valence electrons. The zero-order chi connectivity index (χ0) is 15.5. The second kappa shape index (κ2) is 6.84. The fourth-order valence-corrected chi connectivity index (χ4v) is 2.71. The van der Waals surface area contributed by atoms with Crippen LogP contribution in [0.4, 0.5) is 4.39 Å². The van der Waals surface area contributed by atoms with Crippen LogP contribution in [0.3, 0.4) is 0 Å². The Kier molecular flexibility index (Phi) is 5.93. The Morgan fingerprint density at radius 3 is 2.65 bits per heavy atom. The van der Waals surface area contributed by atoms with Crippen LogP contribution in [-0.4, -0.2) is 34.1 Å². The molecule has 0 aliphatic heterocycles. The molecular formula is C11H12BrClFNO4S. The molecule has 0 bridgehead atoms. The summed E-state index contributed by atoms with van der Waals surface area (Å²) in [6.45, 7) is 1.97. The van der Waals surface area contributed by atoms with Gasteiger partial charge in [-0.05, 0) is 35.0 Å². The lowest BCUT2D eigenvalue weighted by Gasteiger charge is -2.12. The number of rotatable bonds is 5. The monoisotopic (exact) mass is 387 g/mol. The summed E-state index contributed by atoms with van der Waals surface area (Å²) in [6, 6.07) is 1.76. The fraction of sp³-hybridized carbons (Fsp3) is 0.364. The first kappa shape index (κ1) is 17.4. The minimum absolute atomic E-state index is 0.0334. The van der Waals surface area contributed by atoms with Crippen molar-refractivity contribution >= 4 is 41.6 Å². The van der Waals surface area contributed by atoms with Crippen LogP contribution in [0.15, 0.2) is 21.5 Å². The van der Waals surface area contributed by atoms with E-state index >= 15 is 0 Å². The number of halogens is 3. The Labute approximate surface area is 129 Å². The molecule has 0 saturated carbocycles. The van der Waals surface area contributed by atoms with Crippen molar-refractivity contribution in [1.29, 1.82) is 0 Å². The smallest absolute Gasteiger partial charge is 0.264 e. The van der Waals surface area contributed by atoms with Crippen LogP contribution in [0.2, 0.25) is 0 Å². The van der Waals surface area contributed by atoms with Gasteiger partial charge in [0.25, 0.3) is 15.0 Å². The zero-order valence-electron chi connectivity index (χ0n) is 10.6. The van der Waals surface area contributed by atoms with Crippen molar-refractivity contribution in [3.05, 3.63) is 28.0 Å². The van der Waals surface area contributed by atoms with Crippen molar-refractivity contribution in [2.45, 2.75) is 17.9 Å². The predicted molar refractivity (Wildman–Crippen MR) is 75.9 cm³/mol. The number of ether oxygens (including phenoxy) is 1. The summed E-state index contributed by atoms with van der Waals surface area (Å²) in [7, 11) is 2.33. The molecule has 0 aliphatic rings. The number of carbonyl (C=O) groups is 1. The quantitative estimate of drug-likeness (QED) is 0.786. The van der Waals surface area contributed by atoms with Crippen LogP contribution in [0.25, 0.3) is 0 Å². The van der Waals surface area contributed by atoms with E-state index in [1.165, 1.54) is 7.11 Å². The second-order valence-electron chi connectivity index (χ2n) is 3.96. The van der Waals surface area contributed by atoms with Gasteiger partial charge in [0.1, 0.15) is 10.7 Å². The largest absolute Gasteiger partial charge is 0.380 e. The first-order valence-corrected chi connectivity index (χ1v) is 8.51. The van der Waals surface area contributed by atoms with Crippen LogP contribution in [-0.2, 0) is 13.8 Å². The fourth-order valence-electron chi connectivity index (χ4n) is 1.30. The van der Waals surface area contributed by atoms with Crippen molar-refractivity contribution in [2.75, 3.05) is 13.7 Å². The number of amides is 1. The molecule has 1 amide bonds. The average Bonchev–Trinajstić information content (AvgIpc) is 2.33. The van der Waals surface area contributed by atoms with E-state index in [1.54, 1.807) is 6.92 Å². The van der Waals surface area contributed by atoms with Gasteiger partial charge in [-0.3, -0.25) is 4.79 Å². The average molecular weight is 389 g/mol. The predicted octanol–water partition coefficient (Wildman–Crippen LogP) is 2.28. The molecule has 0 saturated heterocycles. The van der Waals surface area contributed by atoms with Crippen LogP contribution in [0.1, 0.15) is 17.3 Å². The maximum atomic E-state index is 13.5. The van der Waals surface area contributed by atoms with Crippen LogP contribution >= 0.6 is 26.6 Å². The van der Waals surface area contributed by atoms with E-state index in [-0.39, 0.29) is 22.7 Å². The molecule has 1 unspecified atom stereocenters. The second-order valence-corrected chi connectivity index (χ2v) is 7.35. The molecule has 1 aromatic carbocycles. The van der Waals surface area contributed by atoms with Gasteiger partial charge in [0.15, 0.2) is 0 Å². The summed E-state index contributed by atoms with van der Waals surface area (Å²) >= 11 is 3.00. The molecule has 1 rings (SSSR count).